The molecule has 0 amide bonds. The van der Waals surface area contributed by atoms with Crippen LogP contribution in [0.25, 0.3) is 0 Å². The van der Waals surface area contributed by atoms with Crippen molar-refractivity contribution in [1.82, 2.24) is 5.06 Å². The van der Waals surface area contributed by atoms with Gasteiger partial charge in [-0.05, 0) is 35.2 Å². The SMILES string of the molecule is CCc1ccc(COc2ccc(C3CN(OS(C)(=O)=O)C3)cc2OC)cc1. The van der Waals surface area contributed by atoms with Gasteiger partial charge in [0.25, 0.3) is 10.1 Å². The zero-order chi connectivity index (χ0) is 19.4. The van der Waals surface area contributed by atoms with Crippen molar-refractivity contribution in [2.75, 3.05) is 26.5 Å². The Morgan fingerprint density at radius 2 is 1.70 bits per heavy atom. The van der Waals surface area contributed by atoms with Crippen LogP contribution in [0.15, 0.2) is 42.5 Å². The highest BCUT2D eigenvalue weighted by atomic mass is 32.2. The molecule has 0 spiro atoms. The van der Waals surface area contributed by atoms with Crippen molar-refractivity contribution >= 4 is 10.1 Å². The number of hydrogen-bond donors (Lipinski definition) is 0. The fraction of sp³-hybridized carbons (Fsp3) is 0.400. The van der Waals surface area contributed by atoms with Crippen molar-refractivity contribution in [1.29, 1.82) is 0 Å². The molecule has 1 heterocycles. The van der Waals surface area contributed by atoms with Gasteiger partial charge in [0.2, 0.25) is 0 Å². The Morgan fingerprint density at radius 1 is 1.04 bits per heavy atom. The Balaban J connectivity index is 1.61. The van der Waals surface area contributed by atoms with E-state index in [9.17, 15) is 8.42 Å². The van der Waals surface area contributed by atoms with E-state index in [1.54, 1.807) is 7.11 Å². The molecule has 7 heteroatoms. The van der Waals surface area contributed by atoms with Crippen molar-refractivity contribution in [3.8, 4) is 11.5 Å². The Bertz CT molecular complexity index is 874. The second kappa shape index (κ2) is 8.29. The van der Waals surface area contributed by atoms with Crippen LogP contribution in [0.2, 0.25) is 0 Å². The van der Waals surface area contributed by atoms with Crippen LogP contribution in [-0.2, 0) is 27.4 Å². The summed E-state index contributed by atoms with van der Waals surface area (Å²) >= 11 is 0. The Morgan fingerprint density at radius 3 is 2.30 bits per heavy atom. The maximum absolute atomic E-state index is 11.1. The molecule has 0 N–H and O–H groups in total. The maximum Gasteiger partial charge on any atom is 0.280 e. The predicted octanol–water partition coefficient (Wildman–Crippen LogP) is 3.13. The molecule has 3 rings (SSSR count). The number of methoxy groups -OCH3 is 1. The molecule has 1 fully saturated rings. The minimum atomic E-state index is -3.47. The highest BCUT2D eigenvalue weighted by Crippen LogP contribution is 2.35. The van der Waals surface area contributed by atoms with E-state index in [4.69, 9.17) is 13.8 Å². The first-order valence-electron chi connectivity index (χ1n) is 8.91. The topological polar surface area (TPSA) is 65.1 Å². The van der Waals surface area contributed by atoms with Gasteiger partial charge in [0, 0.05) is 19.0 Å². The summed E-state index contributed by atoms with van der Waals surface area (Å²) in [4.78, 5) is 0. The van der Waals surface area contributed by atoms with Crippen LogP contribution >= 0.6 is 0 Å². The van der Waals surface area contributed by atoms with Gasteiger partial charge < -0.3 is 9.47 Å². The maximum atomic E-state index is 11.1. The summed E-state index contributed by atoms with van der Waals surface area (Å²) in [5.74, 6) is 1.56. The smallest absolute Gasteiger partial charge is 0.280 e. The van der Waals surface area contributed by atoms with Gasteiger partial charge >= 0.3 is 0 Å². The van der Waals surface area contributed by atoms with E-state index in [0.29, 0.717) is 31.2 Å². The van der Waals surface area contributed by atoms with Gasteiger partial charge in [-0.25, -0.2) is 0 Å². The molecular weight excluding hydrogens is 366 g/mol. The minimum Gasteiger partial charge on any atom is -0.493 e. The molecule has 0 aliphatic carbocycles. The molecule has 0 bridgehead atoms. The first-order chi connectivity index (χ1) is 12.9. The standard InChI is InChI=1S/C20H25NO5S/c1-4-15-5-7-16(8-6-15)14-25-19-10-9-17(11-20(19)24-2)18-12-21(13-18)26-27(3,22)23/h5-11,18H,4,12-14H2,1-3H3. The number of benzene rings is 2. The summed E-state index contributed by atoms with van der Waals surface area (Å²) in [7, 11) is -1.85. The highest BCUT2D eigenvalue weighted by Gasteiger charge is 2.32. The molecule has 6 nitrogen and oxygen atoms in total. The van der Waals surface area contributed by atoms with E-state index < -0.39 is 10.1 Å². The summed E-state index contributed by atoms with van der Waals surface area (Å²) in [5.41, 5.74) is 3.47. The first kappa shape index (κ1) is 19.7. The molecule has 0 aromatic heterocycles. The molecule has 146 valence electrons. The Labute approximate surface area is 160 Å². The highest BCUT2D eigenvalue weighted by molar-refractivity contribution is 7.85. The fourth-order valence-corrected chi connectivity index (χ4v) is 3.50. The van der Waals surface area contributed by atoms with Gasteiger partial charge in [-0.1, -0.05) is 37.3 Å². The van der Waals surface area contributed by atoms with E-state index in [-0.39, 0.29) is 5.92 Å². The summed E-state index contributed by atoms with van der Waals surface area (Å²) in [6, 6.07) is 14.2. The molecule has 1 aliphatic rings. The van der Waals surface area contributed by atoms with Gasteiger partial charge in [0.05, 0.1) is 13.4 Å². The lowest BCUT2D eigenvalue weighted by Gasteiger charge is -2.37. The molecule has 2 aromatic carbocycles. The largest absolute Gasteiger partial charge is 0.493 e. The molecule has 0 saturated carbocycles. The average molecular weight is 391 g/mol. The molecule has 0 atom stereocenters. The van der Waals surface area contributed by atoms with E-state index in [1.807, 2.05) is 18.2 Å². The van der Waals surface area contributed by atoms with Crippen LogP contribution in [-0.4, -0.2) is 39.9 Å². The number of aryl methyl sites for hydroxylation is 1. The third kappa shape index (κ3) is 5.22. The molecule has 1 aliphatic heterocycles. The molecular formula is C20H25NO5S. The Kier molecular flexibility index (Phi) is 6.04. The fourth-order valence-electron chi connectivity index (χ4n) is 2.99. The number of rotatable bonds is 8. The van der Waals surface area contributed by atoms with Crippen LogP contribution in [0.4, 0.5) is 0 Å². The van der Waals surface area contributed by atoms with Crippen LogP contribution in [0.1, 0.15) is 29.5 Å². The predicted molar refractivity (Wildman–Crippen MR) is 103 cm³/mol. The quantitative estimate of drug-likeness (QED) is 0.689. The van der Waals surface area contributed by atoms with Crippen molar-refractivity contribution < 1.29 is 22.2 Å². The zero-order valence-corrected chi connectivity index (χ0v) is 16.7. The average Bonchev–Trinajstić information content (AvgIpc) is 2.62. The zero-order valence-electron chi connectivity index (χ0n) is 15.8. The van der Waals surface area contributed by atoms with E-state index >= 15 is 0 Å². The van der Waals surface area contributed by atoms with Gasteiger partial charge in [-0.2, -0.15) is 17.8 Å². The number of hydroxylamine groups is 2. The van der Waals surface area contributed by atoms with Crippen molar-refractivity contribution in [3.63, 3.8) is 0 Å². The third-order valence-electron chi connectivity index (χ3n) is 4.57. The molecule has 1 saturated heterocycles. The molecule has 2 aromatic rings. The number of hydrogen-bond acceptors (Lipinski definition) is 6. The third-order valence-corrected chi connectivity index (χ3v) is 5.06. The second-order valence-electron chi connectivity index (χ2n) is 6.69. The van der Waals surface area contributed by atoms with Gasteiger partial charge in [-0.15, -0.1) is 0 Å². The van der Waals surface area contributed by atoms with E-state index in [0.717, 1.165) is 23.8 Å². The van der Waals surface area contributed by atoms with E-state index in [1.165, 1.54) is 10.6 Å². The van der Waals surface area contributed by atoms with Crippen LogP contribution in [0.3, 0.4) is 0 Å². The lowest BCUT2D eigenvalue weighted by Crippen LogP contribution is -2.45. The van der Waals surface area contributed by atoms with Gasteiger partial charge in [0.1, 0.15) is 6.61 Å². The molecule has 0 radical (unpaired) electrons. The van der Waals surface area contributed by atoms with Crippen molar-refractivity contribution in [2.45, 2.75) is 25.9 Å². The molecule has 27 heavy (non-hydrogen) atoms. The van der Waals surface area contributed by atoms with Crippen LogP contribution in [0, 0.1) is 0 Å². The first-order valence-corrected chi connectivity index (χ1v) is 10.7. The van der Waals surface area contributed by atoms with Crippen LogP contribution in [0.5, 0.6) is 11.5 Å². The molecule has 0 unspecified atom stereocenters. The normalized spacial score (nSPS) is 15.4. The van der Waals surface area contributed by atoms with Crippen molar-refractivity contribution in [3.05, 3.63) is 59.2 Å². The van der Waals surface area contributed by atoms with E-state index in [2.05, 4.69) is 31.2 Å². The number of ether oxygens (including phenoxy) is 2. The summed E-state index contributed by atoms with van der Waals surface area (Å²) in [5, 5.41) is 1.44. The Hall–Kier alpha value is -2.09. The summed E-state index contributed by atoms with van der Waals surface area (Å²) in [6.45, 7) is 3.66. The van der Waals surface area contributed by atoms with Crippen LogP contribution < -0.4 is 9.47 Å². The second-order valence-corrected chi connectivity index (χ2v) is 8.25. The van der Waals surface area contributed by atoms with Gasteiger partial charge in [0.15, 0.2) is 11.5 Å². The summed E-state index contributed by atoms with van der Waals surface area (Å²) in [6.07, 6.45) is 2.07. The number of nitrogens with zero attached hydrogens (tertiary/aromatic N) is 1. The van der Waals surface area contributed by atoms with Crippen molar-refractivity contribution in [2.24, 2.45) is 0 Å². The minimum absolute atomic E-state index is 0.205. The lowest BCUT2D eigenvalue weighted by atomic mass is 9.93. The monoisotopic (exact) mass is 391 g/mol. The summed E-state index contributed by atoms with van der Waals surface area (Å²) < 4.78 is 38.5. The lowest BCUT2D eigenvalue weighted by molar-refractivity contribution is -0.113. The van der Waals surface area contributed by atoms with Gasteiger partial charge in [-0.3, -0.25) is 0 Å².